The van der Waals surface area contributed by atoms with Crippen LogP contribution in [-0.4, -0.2) is 69.7 Å². The fraction of sp³-hybridized carbons (Fsp3) is 0.286. The Morgan fingerprint density at radius 2 is 1.30 bits per heavy atom. The summed E-state index contributed by atoms with van der Waals surface area (Å²) >= 11 is 0. The van der Waals surface area contributed by atoms with Gasteiger partial charge in [0.2, 0.25) is 5.91 Å². The Morgan fingerprint density at radius 1 is 0.761 bits per heavy atom. The molecule has 236 valence electrons. The number of amides is 3. The van der Waals surface area contributed by atoms with Gasteiger partial charge in [0.15, 0.2) is 0 Å². The quantitative estimate of drug-likeness (QED) is 0.290. The average molecular weight is 638 g/mol. The summed E-state index contributed by atoms with van der Waals surface area (Å²) in [5.74, 6) is -1.15. The minimum Gasteiger partial charge on any atom is -0.364 e. The Balaban J connectivity index is 1.22. The SMILES string of the molecule is CC(C)(C)[C@@H](C(=O)N1C[C@@H]2C[C@H]1CN2C(=O)c1cc2ccccc2n1S(=O)(=O)c1ccccc1)n1c(C(N)=O)cc2ccccc21. The Morgan fingerprint density at radius 3 is 1.91 bits per heavy atom. The molecule has 3 aromatic carbocycles. The normalized spacial score (nSPS) is 18.8. The zero-order valence-electron chi connectivity index (χ0n) is 25.8. The van der Waals surface area contributed by atoms with Crippen LogP contribution in [0.4, 0.5) is 0 Å². The number of nitrogens with zero attached hydrogens (tertiary/aromatic N) is 4. The van der Waals surface area contributed by atoms with Crippen molar-refractivity contribution in [1.29, 1.82) is 0 Å². The molecule has 4 heterocycles. The molecule has 0 radical (unpaired) electrons. The van der Waals surface area contributed by atoms with E-state index in [1.165, 1.54) is 12.1 Å². The smallest absolute Gasteiger partial charge is 0.271 e. The fourth-order valence-electron chi connectivity index (χ4n) is 7.24. The second kappa shape index (κ2) is 10.6. The van der Waals surface area contributed by atoms with E-state index < -0.39 is 33.3 Å². The molecule has 3 atom stereocenters. The topological polar surface area (TPSA) is 128 Å². The van der Waals surface area contributed by atoms with Crippen molar-refractivity contribution in [3.05, 3.63) is 102 Å². The molecular weight excluding hydrogens is 602 g/mol. The molecule has 3 amide bonds. The van der Waals surface area contributed by atoms with Crippen LogP contribution < -0.4 is 5.73 Å². The Bertz CT molecular complexity index is 2140. The van der Waals surface area contributed by atoms with Crippen LogP contribution in [0.15, 0.2) is 95.9 Å². The number of hydrogen-bond acceptors (Lipinski definition) is 5. The zero-order chi connectivity index (χ0) is 32.5. The van der Waals surface area contributed by atoms with Gasteiger partial charge in [-0.3, -0.25) is 14.4 Å². The van der Waals surface area contributed by atoms with Crippen molar-refractivity contribution >= 4 is 49.6 Å². The summed E-state index contributed by atoms with van der Waals surface area (Å²) in [5.41, 5.74) is 6.74. The zero-order valence-corrected chi connectivity index (χ0v) is 26.6. The van der Waals surface area contributed by atoms with Crippen molar-refractivity contribution in [1.82, 2.24) is 18.3 Å². The van der Waals surface area contributed by atoms with Crippen molar-refractivity contribution < 1.29 is 22.8 Å². The predicted octanol–water partition coefficient (Wildman–Crippen LogP) is 4.64. The minimum absolute atomic E-state index is 0.0629. The van der Waals surface area contributed by atoms with Crippen LogP contribution in [0.25, 0.3) is 21.8 Å². The van der Waals surface area contributed by atoms with Crippen molar-refractivity contribution in [3.8, 4) is 0 Å². The number of aromatic nitrogens is 2. The number of hydrogen-bond donors (Lipinski definition) is 1. The number of rotatable bonds is 6. The van der Waals surface area contributed by atoms with Gasteiger partial charge in [0, 0.05) is 29.4 Å². The summed E-state index contributed by atoms with van der Waals surface area (Å²) < 4.78 is 30.7. The molecule has 11 heteroatoms. The van der Waals surface area contributed by atoms with Gasteiger partial charge in [-0.1, -0.05) is 75.4 Å². The van der Waals surface area contributed by atoms with E-state index in [9.17, 15) is 22.8 Å². The molecule has 2 fully saturated rings. The Hall–Kier alpha value is -4.90. The molecule has 0 aliphatic carbocycles. The van der Waals surface area contributed by atoms with E-state index in [4.69, 9.17) is 5.73 Å². The first-order valence-corrected chi connectivity index (χ1v) is 16.7. The molecule has 7 rings (SSSR count). The number of para-hydroxylation sites is 2. The summed E-state index contributed by atoms with van der Waals surface area (Å²) in [6, 6.07) is 24.7. The highest BCUT2D eigenvalue weighted by molar-refractivity contribution is 7.90. The summed E-state index contributed by atoms with van der Waals surface area (Å²) in [7, 11) is -4.08. The number of piperazine rings is 1. The van der Waals surface area contributed by atoms with Crippen LogP contribution in [-0.2, 0) is 14.8 Å². The lowest BCUT2D eigenvalue weighted by Crippen LogP contribution is -2.54. The highest BCUT2D eigenvalue weighted by atomic mass is 32.2. The van der Waals surface area contributed by atoms with Crippen LogP contribution in [0.1, 0.15) is 54.2 Å². The van der Waals surface area contributed by atoms with Crippen LogP contribution in [0.3, 0.4) is 0 Å². The van der Waals surface area contributed by atoms with Gasteiger partial charge >= 0.3 is 0 Å². The first-order chi connectivity index (χ1) is 21.9. The minimum atomic E-state index is -4.08. The van der Waals surface area contributed by atoms with Gasteiger partial charge in [0.25, 0.3) is 21.8 Å². The maximum absolute atomic E-state index is 14.5. The van der Waals surface area contributed by atoms with E-state index in [1.54, 1.807) is 64.1 Å². The predicted molar refractivity (Wildman–Crippen MR) is 175 cm³/mol. The van der Waals surface area contributed by atoms with E-state index in [0.717, 1.165) is 14.9 Å². The monoisotopic (exact) mass is 637 g/mol. The second-order valence-electron chi connectivity index (χ2n) is 13.3. The molecule has 2 N–H and O–H groups in total. The lowest BCUT2D eigenvalue weighted by Gasteiger charge is -2.40. The summed E-state index contributed by atoms with van der Waals surface area (Å²) in [4.78, 5) is 44.9. The molecule has 0 spiro atoms. The third-order valence-corrected chi connectivity index (χ3v) is 11.0. The number of fused-ring (bicyclic) bond motifs is 4. The molecular formula is C35H35N5O5S. The highest BCUT2D eigenvalue weighted by Gasteiger charge is 2.51. The van der Waals surface area contributed by atoms with Crippen molar-refractivity contribution in [2.75, 3.05) is 13.1 Å². The fourth-order valence-corrected chi connectivity index (χ4v) is 8.76. The number of carbonyl (C=O) groups is 3. The summed E-state index contributed by atoms with van der Waals surface area (Å²) in [6.45, 7) is 6.47. The molecule has 0 unspecified atom stereocenters. The maximum Gasteiger partial charge on any atom is 0.271 e. The standard InChI is InChI=1S/C35H35N5O5S/c1-35(2,3)31(39-27-15-9-7-11-22(27)17-29(39)32(36)41)34(43)38-21-24-19-25(38)20-37(24)33(42)30-18-23-12-8-10-16-28(23)40(30)46(44,45)26-13-5-4-6-14-26/h4-18,24-25,31H,19-21H2,1-3H3,(H2,36,41)/t24-,25-,31+/m0/s1. The van der Waals surface area contributed by atoms with Crippen LogP contribution >= 0.6 is 0 Å². The number of likely N-dealkylation sites (tertiary alicyclic amines) is 2. The molecule has 2 aromatic heterocycles. The number of primary amides is 1. The Labute approximate surface area is 267 Å². The van der Waals surface area contributed by atoms with E-state index >= 15 is 0 Å². The van der Waals surface area contributed by atoms with Gasteiger partial charge in [-0.05, 0) is 48.2 Å². The lowest BCUT2D eigenvalue weighted by atomic mass is 9.85. The lowest BCUT2D eigenvalue weighted by molar-refractivity contribution is -0.140. The third kappa shape index (κ3) is 4.60. The van der Waals surface area contributed by atoms with Crippen LogP contribution in [0, 0.1) is 5.41 Å². The van der Waals surface area contributed by atoms with Crippen molar-refractivity contribution in [2.45, 2.75) is 50.2 Å². The average Bonchev–Trinajstić information content (AvgIpc) is 3.81. The third-order valence-electron chi connectivity index (χ3n) is 9.26. The van der Waals surface area contributed by atoms with Gasteiger partial charge in [-0.15, -0.1) is 0 Å². The first kappa shape index (κ1) is 29.8. The molecule has 46 heavy (non-hydrogen) atoms. The van der Waals surface area contributed by atoms with Crippen LogP contribution in [0.2, 0.25) is 0 Å². The maximum atomic E-state index is 14.5. The molecule has 2 aliphatic heterocycles. The molecule has 2 bridgehead atoms. The van der Waals surface area contributed by atoms with E-state index in [2.05, 4.69) is 0 Å². The summed E-state index contributed by atoms with van der Waals surface area (Å²) in [5, 5.41) is 1.46. The molecule has 2 saturated heterocycles. The molecule has 10 nitrogen and oxygen atoms in total. The number of carbonyl (C=O) groups excluding carboxylic acids is 3. The first-order valence-electron chi connectivity index (χ1n) is 15.3. The van der Waals surface area contributed by atoms with Gasteiger partial charge < -0.3 is 20.1 Å². The largest absolute Gasteiger partial charge is 0.364 e. The van der Waals surface area contributed by atoms with Crippen molar-refractivity contribution in [2.24, 2.45) is 11.1 Å². The Kier molecular flexibility index (Phi) is 6.86. The molecule has 5 aromatic rings. The van der Waals surface area contributed by atoms with Crippen LogP contribution in [0.5, 0.6) is 0 Å². The van der Waals surface area contributed by atoms with Gasteiger partial charge in [-0.2, -0.15) is 0 Å². The summed E-state index contributed by atoms with van der Waals surface area (Å²) in [6.07, 6.45) is 0.578. The number of benzene rings is 3. The van der Waals surface area contributed by atoms with Crippen molar-refractivity contribution in [3.63, 3.8) is 0 Å². The van der Waals surface area contributed by atoms with Gasteiger partial charge in [0.1, 0.15) is 17.4 Å². The van der Waals surface area contributed by atoms with Gasteiger partial charge in [0.05, 0.1) is 22.5 Å². The highest BCUT2D eigenvalue weighted by Crippen LogP contribution is 2.41. The van der Waals surface area contributed by atoms with E-state index in [0.29, 0.717) is 23.9 Å². The van der Waals surface area contributed by atoms with Gasteiger partial charge in [-0.25, -0.2) is 12.4 Å². The second-order valence-corrected chi connectivity index (χ2v) is 15.0. The molecule has 0 saturated carbocycles. The number of nitrogens with two attached hydrogens (primary N) is 1. The van der Waals surface area contributed by atoms with E-state index in [1.807, 2.05) is 49.9 Å². The molecule has 2 aliphatic rings. The van der Waals surface area contributed by atoms with E-state index in [-0.39, 0.29) is 40.8 Å².